The molecule has 0 saturated carbocycles. The molecule has 1 unspecified atom stereocenters. The topological polar surface area (TPSA) is 33.5 Å². The Bertz CT molecular complexity index is 293. The lowest BCUT2D eigenvalue weighted by Crippen LogP contribution is -2.28. The summed E-state index contributed by atoms with van der Waals surface area (Å²) in [5, 5.41) is 0. The predicted octanol–water partition coefficient (Wildman–Crippen LogP) is 2.33. The van der Waals surface area contributed by atoms with Gasteiger partial charge in [-0.05, 0) is 19.5 Å². The van der Waals surface area contributed by atoms with Crippen molar-refractivity contribution >= 4 is 5.78 Å². The van der Waals surface area contributed by atoms with Gasteiger partial charge in [-0.1, -0.05) is 13.8 Å². The van der Waals surface area contributed by atoms with E-state index in [-0.39, 0.29) is 5.92 Å². The normalized spacial score (nSPS) is 13.1. The average Bonchev–Trinajstić information content (AvgIpc) is 2.68. The van der Waals surface area contributed by atoms with Crippen LogP contribution >= 0.6 is 0 Å². The van der Waals surface area contributed by atoms with Gasteiger partial charge in [-0.25, -0.2) is 0 Å². The first-order valence-electron chi connectivity index (χ1n) is 5.35. The zero-order chi connectivity index (χ0) is 11.3. The molecule has 1 aromatic rings. The van der Waals surface area contributed by atoms with Crippen LogP contribution in [0.5, 0.6) is 0 Å². The van der Waals surface area contributed by atoms with Crippen molar-refractivity contribution in [3.63, 3.8) is 0 Å². The maximum atomic E-state index is 11.6. The predicted molar refractivity (Wildman–Crippen MR) is 59.5 cm³/mol. The van der Waals surface area contributed by atoms with E-state index in [0.29, 0.717) is 12.3 Å². The lowest BCUT2D eigenvalue weighted by Gasteiger charge is -2.16. The third kappa shape index (κ3) is 3.88. The summed E-state index contributed by atoms with van der Waals surface area (Å²) in [5.74, 6) is 0.472. The van der Waals surface area contributed by atoms with Crippen molar-refractivity contribution in [3.05, 3.63) is 24.2 Å². The minimum absolute atomic E-state index is 0.164. The number of furan rings is 1. The Morgan fingerprint density at radius 1 is 1.60 bits per heavy atom. The van der Waals surface area contributed by atoms with Crippen LogP contribution in [-0.4, -0.2) is 24.3 Å². The first kappa shape index (κ1) is 12.0. The molecule has 0 aliphatic heterocycles. The molecule has 1 atom stereocenters. The van der Waals surface area contributed by atoms with E-state index in [9.17, 15) is 4.79 Å². The molecular formula is C12H19NO2. The summed E-state index contributed by atoms with van der Waals surface area (Å²) in [5.41, 5.74) is 1.11. The number of hydrogen-bond donors (Lipinski definition) is 0. The first-order chi connectivity index (χ1) is 7.13. The Labute approximate surface area is 91.1 Å². The van der Waals surface area contributed by atoms with Gasteiger partial charge in [0.2, 0.25) is 0 Å². The van der Waals surface area contributed by atoms with Crippen LogP contribution in [0.15, 0.2) is 23.0 Å². The van der Waals surface area contributed by atoms with Crippen molar-refractivity contribution in [1.82, 2.24) is 4.90 Å². The summed E-state index contributed by atoms with van der Waals surface area (Å²) in [6.07, 6.45) is 4.28. The summed E-state index contributed by atoms with van der Waals surface area (Å²) in [6, 6.07) is 1.92. The average molecular weight is 209 g/mol. The maximum absolute atomic E-state index is 11.6. The van der Waals surface area contributed by atoms with Gasteiger partial charge in [0.1, 0.15) is 5.78 Å². The zero-order valence-corrected chi connectivity index (χ0v) is 9.69. The van der Waals surface area contributed by atoms with Crippen molar-refractivity contribution in [2.24, 2.45) is 5.92 Å². The van der Waals surface area contributed by atoms with Gasteiger partial charge in [-0.3, -0.25) is 9.69 Å². The number of Topliss-reactive ketones (excluding diaryl/α,β-unsaturated/α-hetero) is 1. The Balaban J connectivity index is 2.36. The summed E-state index contributed by atoms with van der Waals surface area (Å²) in [7, 11) is 1.95. The highest BCUT2D eigenvalue weighted by molar-refractivity contribution is 5.82. The molecule has 1 rings (SSSR count). The van der Waals surface area contributed by atoms with Gasteiger partial charge in [0.15, 0.2) is 0 Å². The van der Waals surface area contributed by atoms with E-state index in [0.717, 1.165) is 18.5 Å². The van der Waals surface area contributed by atoms with E-state index in [1.165, 1.54) is 0 Å². The van der Waals surface area contributed by atoms with Crippen LogP contribution in [0.4, 0.5) is 0 Å². The minimum Gasteiger partial charge on any atom is -0.472 e. The minimum atomic E-state index is 0.164. The van der Waals surface area contributed by atoms with Crippen LogP contribution in [0.1, 0.15) is 25.8 Å². The molecule has 0 N–H and O–H groups in total. The fourth-order valence-electron chi connectivity index (χ4n) is 1.40. The fourth-order valence-corrected chi connectivity index (χ4v) is 1.40. The number of likely N-dealkylation sites (N-methyl/N-ethyl adjacent to an activating group) is 1. The number of carbonyl (C=O) groups is 1. The molecule has 3 nitrogen and oxygen atoms in total. The molecule has 3 heteroatoms. The van der Waals surface area contributed by atoms with Crippen LogP contribution in [0, 0.1) is 5.92 Å². The Kier molecular flexibility index (Phi) is 4.56. The van der Waals surface area contributed by atoms with Crippen molar-refractivity contribution in [1.29, 1.82) is 0 Å². The van der Waals surface area contributed by atoms with E-state index in [2.05, 4.69) is 0 Å². The smallest absolute Gasteiger partial charge is 0.149 e. The van der Waals surface area contributed by atoms with Crippen LogP contribution in [0.2, 0.25) is 0 Å². The van der Waals surface area contributed by atoms with E-state index in [1.807, 2.05) is 31.9 Å². The molecule has 0 aliphatic carbocycles. The highest BCUT2D eigenvalue weighted by Crippen LogP contribution is 2.07. The molecule has 0 aliphatic rings. The molecule has 1 aromatic heterocycles. The Hall–Kier alpha value is -1.09. The maximum Gasteiger partial charge on any atom is 0.149 e. The fraction of sp³-hybridized carbons (Fsp3) is 0.583. The highest BCUT2D eigenvalue weighted by Gasteiger charge is 2.13. The van der Waals surface area contributed by atoms with Gasteiger partial charge in [-0.2, -0.15) is 0 Å². The summed E-state index contributed by atoms with van der Waals surface area (Å²) in [6.45, 7) is 5.30. The first-order valence-corrected chi connectivity index (χ1v) is 5.35. The zero-order valence-electron chi connectivity index (χ0n) is 9.69. The van der Waals surface area contributed by atoms with Crippen molar-refractivity contribution in [3.8, 4) is 0 Å². The molecule has 15 heavy (non-hydrogen) atoms. The lowest BCUT2D eigenvalue weighted by molar-refractivity contribution is -0.123. The van der Waals surface area contributed by atoms with Gasteiger partial charge in [0.05, 0.1) is 19.1 Å². The molecule has 0 saturated heterocycles. The molecule has 0 amide bonds. The molecule has 0 spiro atoms. The summed E-state index contributed by atoms with van der Waals surface area (Å²) in [4.78, 5) is 13.7. The van der Waals surface area contributed by atoms with Gasteiger partial charge in [-0.15, -0.1) is 0 Å². The van der Waals surface area contributed by atoms with Gasteiger partial charge in [0, 0.05) is 18.0 Å². The van der Waals surface area contributed by atoms with E-state index in [4.69, 9.17) is 4.42 Å². The van der Waals surface area contributed by atoms with Crippen molar-refractivity contribution in [2.75, 3.05) is 13.6 Å². The quantitative estimate of drug-likeness (QED) is 0.721. The van der Waals surface area contributed by atoms with E-state index < -0.39 is 0 Å². The number of nitrogens with zero attached hydrogens (tertiary/aromatic N) is 1. The Morgan fingerprint density at radius 3 is 2.87 bits per heavy atom. The second-order valence-electron chi connectivity index (χ2n) is 4.08. The van der Waals surface area contributed by atoms with Crippen LogP contribution in [-0.2, 0) is 11.3 Å². The molecule has 0 bridgehead atoms. The molecular weight excluding hydrogens is 190 g/mol. The highest BCUT2D eigenvalue weighted by atomic mass is 16.3. The number of ketones is 1. The lowest BCUT2D eigenvalue weighted by atomic mass is 10.0. The number of carbonyl (C=O) groups excluding carboxylic acids is 1. The van der Waals surface area contributed by atoms with Gasteiger partial charge < -0.3 is 4.42 Å². The second kappa shape index (κ2) is 5.71. The number of rotatable bonds is 6. The van der Waals surface area contributed by atoms with E-state index in [1.54, 1.807) is 12.5 Å². The third-order valence-corrected chi connectivity index (χ3v) is 2.62. The monoisotopic (exact) mass is 209 g/mol. The molecule has 0 fully saturated rings. The second-order valence-corrected chi connectivity index (χ2v) is 4.08. The van der Waals surface area contributed by atoms with Crippen molar-refractivity contribution < 1.29 is 9.21 Å². The Morgan fingerprint density at radius 2 is 2.33 bits per heavy atom. The van der Waals surface area contributed by atoms with Gasteiger partial charge in [0.25, 0.3) is 0 Å². The van der Waals surface area contributed by atoms with Crippen molar-refractivity contribution in [2.45, 2.75) is 26.8 Å². The largest absolute Gasteiger partial charge is 0.472 e. The van der Waals surface area contributed by atoms with Crippen LogP contribution < -0.4 is 0 Å². The molecule has 0 radical (unpaired) electrons. The summed E-state index contributed by atoms with van der Waals surface area (Å²) < 4.78 is 4.98. The standard InChI is InChI=1S/C12H19NO2/c1-4-10(2)12(14)8-13(3)7-11-5-6-15-9-11/h5-6,9-10H,4,7-8H2,1-3H3. The van der Waals surface area contributed by atoms with E-state index >= 15 is 0 Å². The SMILES string of the molecule is CCC(C)C(=O)CN(C)Cc1ccoc1. The van der Waals surface area contributed by atoms with Crippen LogP contribution in [0.25, 0.3) is 0 Å². The molecule has 1 heterocycles. The molecule has 84 valence electrons. The summed E-state index contributed by atoms with van der Waals surface area (Å²) >= 11 is 0. The third-order valence-electron chi connectivity index (χ3n) is 2.62. The van der Waals surface area contributed by atoms with Gasteiger partial charge >= 0.3 is 0 Å². The van der Waals surface area contributed by atoms with Crippen LogP contribution in [0.3, 0.4) is 0 Å². The number of hydrogen-bond acceptors (Lipinski definition) is 3. The molecule has 0 aromatic carbocycles.